The smallest absolute Gasteiger partial charge is 0.123 e. The summed E-state index contributed by atoms with van der Waals surface area (Å²) in [4.78, 5) is 2.52. The molecule has 1 unspecified atom stereocenters. The van der Waals surface area contributed by atoms with Crippen molar-refractivity contribution in [3.8, 4) is 0 Å². The standard InChI is InChI=1S/C17H22FN3/c1-14-12-19-21(13-14)11-3-10-20-9-2-4-17(20)15-5-7-16(18)8-6-15/h5-8,12-13,17H,2-4,9-11H2,1H3. The predicted octanol–water partition coefficient (Wildman–Crippen LogP) is 3.56. The van der Waals surface area contributed by atoms with Gasteiger partial charge in [0.15, 0.2) is 0 Å². The fourth-order valence-electron chi connectivity index (χ4n) is 3.18. The maximum Gasteiger partial charge on any atom is 0.123 e. The largest absolute Gasteiger partial charge is 0.296 e. The van der Waals surface area contributed by atoms with E-state index in [9.17, 15) is 4.39 Å². The van der Waals surface area contributed by atoms with Gasteiger partial charge in [0, 0.05) is 25.3 Å². The van der Waals surface area contributed by atoms with Crippen molar-refractivity contribution >= 4 is 0 Å². The first-order valence-corrected chi connectivity index (χ1v) is 7.71. The highest BCUT2D eigenvalue weighted by Gasteiger charge is 2.25. The third kappa shape index (κ3) is 3.50. The molecule has 112 valence electrons. The predicted molar refractivity (Wildman–Crippen MR) is 81.5 cm³/mol. The van der Waals surface area contributed by atoms with Gasteiger partial charge in [0.25, 0.3) is 0 Å². The summed E-state index contributed by atoms with van der Waals surface area (Å²) in [5.74, 6) is -0.155. The topological polar surface area (TPSA) is 21.1 Å². The van der Waals surface area contributed by atoms with Crippen LogP contribution in [-0.4, -0.2) is 27.8 Å². The molecule has 3 nitrogen and oxygen atoms in total. The summed E-state index contributed by atoms with van der Waals surface area (Å²) >= 11 is 0. The third-order valence-corrected chi connectivity index (χ3v) is 4.21. The summed E-state index contributed by atoms with van der Waals surface area (Å²) in [6, 6.07) is 7.44. The number of benzene rings is 1. The SMILES string of the molecule is Cc1cnn(CCCN2CCCC2c2ccc(F)cc2)c1. The minimum absolute atomic E-state index is 0.155. The van der Waals surface area contributed by atoms with Gasteiger partial charge in [-0.2, -0.15) is 5.10 Å². The van der Waals surface area contributed by atoms with Gasteiger partial charge in [-0.3, -0.25) is 9.58 Å². The van der Waals surface area contributed by atoms with E-state index in [0.29, 0.717) is 6.04 Å². The molecule has 1 saturated heterocycles. The van der Waals surface area contributed by atoms with E-state index in [4.69, 9.17) is 0 Å². The Kier molecular flexibility index (Phi) is 4.34. The van der Waals surface area contributed by atoms with Crippen molar-refractivity contribution in [3.63, 3.8) is 0 Å². The number of hydrogen-bond acceptors (Lipinski definition) is 2. The Morgan fingerprint density at radius 2 is 2.05 bits per heavy atom. The van der Waals surface area contributed by atoms with Crippen LogP contribution >= 0.6 is 0 Å². The Hall–Kier alpha value is -1.68. The molecule has 4 heteroatoms. The van der Waals surface area contributed by atoms with E-state index < -0.39 is 0 Å². The molecular weight excluding hydrogens is 265 g/mol. The van der Waals surface area contributed by atoms with Crippen LogP contribution in [0.2, 0.25) is 0 Å². The Bertz CT molecular complexity index is 576. The van der Waals surface area contributed by atoms with Gasteiger partial charge in [-0.1, -0.05) is 12.1 Å². The van der Waals surface area contributed by atoms with E-state index >= 15 is 0 Å². The zero-order valence-electron chi connectivity index (χ0n) is 12.5. The highest BCUT2D eigenvalue weighted by molar-refractivity contribution is 5.20. The van der Waals surface area contributed by atoms with Crippen molar-refractivity contribution in [2.24, 2.45) is 0 Å². The lowest BCUT2D eigenvalue weighted by molar-refractivity contribution is 0.247. The van der Waals surface area contributed by atoms with Gasteiger partial charge in [-0.05, 0) is 56.0 Å². The Morgan fingerprint density at radius 3 is 2.76 bits per heavy atom. The maximum atomic E-state index is 13.0. The summed E-state index contributed by atoms with van der Waals surface area (Å²) in [5.41, 5.74) is 2.45. The number of hydrogen-bond donors (Lipinski definition) is 0. The summed E-state index contributed by atoms with van der Waals surface area (Å²) in [6.07, 6.45) is 7.48. The van der Waals surface area contributed by atoms with E-state index in [1.807, 2.05) is 23.0 Å². The molecule has 2 aromatic rings. The number of aromatic nitrogens is 2. The molecule has 0 aliphatic carbocycles. The molecule has 0 amide bonds. The first-order valence-electron chi connectivity index (χ1n) is 7.71. The van der Waals surface area contributed by atoms with Gasteiger partial charge in [-0.25, -0.2) is 4.39 Å². The normalized spacial score (nSPS) is 19.2. The molecule has 0 N–H and O–H groups in total. The molecule has 3 rings (SSSR count). The van der Waals surface area contributed by atoms with Gasteiger partial charge < -0.3 is 0 Å². The van der Waals surface area contributed by atoms with Crippen molar-refractivity contribution in [1.82, 2.24) is 14.7 Å². The molecule has 1 aromatic heterocycles. The van der Waals surface area contributed by atoms with E-state index in [-0.39, 0.29) is 5.82 Å². The van der Waals surface area contributed by atoms with Crippen LogP contribution in [0.15, 0.2) is 36.7 Å². The van der Waals surface area contributed by atoms with Gasteiger partial charge in [0.2, 0.25) is 0 Å². The molecule has 1 aliphatic heterocycles. The molecule has 0 spiro atoms. The van der Waals surface area contributed by atoms with Crippen LogP contribution < -0.4 is 0 Å². The average molecular weight is 287 g/mol. The fourth-order valence-corrected chi connectivity index (χ4v) is 3.18. The molecule has 21 heavy (non-hydrogen) atoms. The minimum Gasteiger partial charge on any atom is -0.296 e. The lowest BCUT2D eigenvalue weighted by atomic mass is 10.0. The molecule has 1 aliphatic rings. The van der Waals surface area contributed by atoms with Crippen molar-refractivity contribution in [3.05, 3.63) is 53.6 Å². The second-order valence-corrected chi connectivity index (χ2v) is 5.88. The maximum absolute atomic E-state index is 13.0. The van der Waals surface area contributed by atoms with Crippen LogP contribution in [0.3, 0.4) is 0 Å². The molecule has 0 radical (unpaired) electrons. The van der Waals surface area contributed by atoms with Crippen LogP contribution in [-0.2, 0) is 6.54 Å². The molecule has 0 saturated carbocycles. The van der Waals surface area contributed by atoms with Crippen LogP contribution in [0.4, 0.5) is 4.39 Å². The van der Waals surface area contributed by atoms with E-state index in [0.717, 1.165) is 26.1 Å². The van der Waals surface area contributed by atoms with Crippen molar-refractivity contribution < 1.29 is 4.39 Å². The highest BCUT2D eigenvalue weighted by atomic mass is 19.1. The van der Waals surface area contributed by atoms with Crippen LogP contribution in [0.25, 0.3) is 0 Å². The molecule has 0 bridgehead atoms. The van der Waals surface area contributed by atoms with E-state index in [2.05, 4.69) is 23.1 Å². The van der Waals surface area contributed by atoms with Crippen molar-refractivity contribution in [1.29, 1.82) is 0 Å². The Balaban J connectivity index is 1.55. The molecular formula is C17H22FN3. The third-order valence-electron chi connectivity index (χ3n) is 4.21. The van der Waals surface area contributed by atoms with Gasteiger partial charge in [0.1, 0.15) is 5.82 Å². The second kappa shape index (κ2) is 6.39. The van der Waals surface area contributed by atoms with Crippen LogP contribution in [0.1, 0.15) is 36.4 Å². The average Bonchev–Trinajstić information content (AvgIpc) is 3.09. The number of likely N-dealkylation sites (tertiary alicyclic amines) is 1. The van der Waals surface area contributed by atoms with Crippen molar-refractivity contribution in [2.45, 2.75) is 38.8 Å². The zero-order valence-corrected chi connectivity index (χ0v) is 12.5. The quantitative estimate of drug-likeness (QED) is 0.838. The van der Waals surface area contributed by atoms with Crippen molar-refractivity contribution in [2.75, 3.05) is 13.1 Å². The first kappa shape index (κ1) is 14.3. The van der Waals surface area contributed by atoms with Gasteiger partial charge in [-0.15, -0.1) is 0 Å². The zero-order chi connectivity index (χ0) is 14.7. The number of aryl methyl sites for hydroxylation is 2. The lowest BCUT2D eigenvalue weighted by Gasteiger charge is -2.24. The Labute approximate surface area is 125 Å². The molecule has 1 aromatic carbocycles. The molecule has 1 atom stereocenters. The van der Waals surface area contributed by atoms with E-state index in [1.165, 1.54) is 24.0 Å². The lowest BCUT2D eigenvalue weighted by Crippen LogP contribution is -2.25. The van der Waals surface area contributed by atoms with Crippen LogP contribution in [0, 0.1) is 12.7 Å². The first-order chi connectivity index (χ1) is 10.2. The number of halogens is 1. The molecule has 2 heterocycles. The fraction of sp³-hybridized carbons (Fsp3) is 0.471. The Morgan fingerprint density at radius 1 is 1.24 bits per heavy atom. The summed E-state index contributed by atoms with van der Waals surface area (Å²) in [5, 5.41) is 4.32. The summed E-state index contributed by atoms with van der Waals surface area (Å²) in [6.45, 7) is 5.23. The van der Waals surface area contributed by atoms with E-state index in [1.54, 1.807) is 12.1 Å². The van der Waals surface area contributed by atoms with Gasteiger partial charge in [0.05, 0.1) is 6.20 Å². The van der Waals surface area contributed by atoms with Crippen LogP contribution in [0.5, 0.6) is 0 Å². The monoisotopic (exact) mass is 287 g/mol. The van der Waals surface area contributed by atoms with Gasteiger partial charge >= 0.3 is 0 Å². The second-order valence-electron chi connectivity index (χ2n) is 5.88. The minimum atomic E-state index is -0.155. The number of nitrogens with zero attached hydrogens (tertiary/aromatic N) is 3. The molecule has 1 fully saturated rings. The highest BCUT2D eigenvalue weighted by Crippen LogP contribution is 2.31. The number of rotatable bonds is 5. The summed E-state index contributed by atoms with van der Waals surface area (Å²) < 4.78 is 15.1. The summed E-state index contributed by atoms with van der Waals surface area (Å²) in [7, 11) is 0.